The third-order valence-corrected chi connectivity index (χ3v) is 4.15. The minimum atomic E-state index is -0.383. The third-order valence-electron chi connectivity index (χ3n) is 2.47. The van der Waals surface area contributed by atoms with Crippen LogP contribution in [-0.4, -0.2) is 29.3 Å². The number of amides is 1. The average Bonchev–Trinajstić information content (AvgIpc) is 2.86. The second-order valence-electron chi connectivity index (χ2n) is 3.79. The van der Waals surface area contributed by atoms with Gasteiger partial charge in [-0.05, 0) is 27.5 Å². The van der Waals surface area contributed by atoms with Gasteiger partial charge in [0.25, 0.3) is 5.91 Å². The van der Waals surface area contributed by atoms with Gasteiger partial charge in [-0.25, -0.2) is 0 Å². The van der Waals surface area contributed by atoms with E-state index in [1.165, 1.54) is 0 Å². The summed E-state index contributed by atoms with van der Waals surface area (Å²) in [6.07, 6.45) is 0. The van der Waals surface area contributed by atoms with Gasteiger partial charge in [0.2, 0.25) is 9.47 Å². The van der Waals surface area contributed by atoms with Gasteiger partial charge in [-0.3, -0.25) is 4.79 Å². The molecule has 0 saturated carbocycles. The second kappa shape index (κ2) is 5.55. The number of benzene rings is 1. The molecule has 20 heavy (non-hydrogen) atoms. The quantitative estimate of drug-likeness (QED) is 0.872. The van der Waals surface area contributed by atoms with Crippen LogP contribution in [0.5, 0.6) is 11.5 Å². The van der Waals surface area contributed by atoms with Crippen LogP contribution in [0.2, 0.25) is 4.47 Å². The molecule has 0 fully saturated rings. The van der Waals surface area contributed by atoms with Crippen LogP contribution in [0.3, 0.4) is 0 Å². The maximum Gasteiger partial charge on any atom is 0.286 e. The summed E-state index contributed by atoms with van der Waals surface area (Å²) in [6.45, 7) is 0.989. The highest BCUT2D eigenvalue weighted by molar-refractivity contribution is 9.10. The summed E-state index contributed by atoms with van der Waals surface area (Å²) in [5, 5.41) is 10.2. The number of ether oxygens (including phenoxy) is 2. The Hall–Kier alpha value is -1.38. The van der Waals surface area contributed by atoms with Gasteiger partial charge in [-0.15, -0.1) is 10.2 Å². The van der Waals surface area contributed by atoms with E-state index in [9.17, 15) is 4.79 Å². The van der Waals surface area contributed by atoms with Crippen molar-refractivity contribution in [2.75, 3.05) is 18.5 Å². The maximum atomic E-state index is 12.0. The standard InChI is InChI=1S/C11H7BrClN3O3S/c12-5-3-7-8(19-2-1-18-7)4-6(5)14-9(17)10-15-16-11(13)20-10/h3-4H,1-2H2,(H,14,17). The molecule has 3 rings (SSSR count). The van der Waals surface area contributed by atoms with Crippen LogP contribution >= 0.6 is 38.9 Å². The van der Waals surface area contributed by atoms with E-state index < -0.39 is 0 Å². The summed E-state index contributed by atoms with van der Waals surface area (Å²) >= 11 is 10.0. The lowest BCUT2D eigenvalue weighted by Crippen LogP contribution is -2.17. The molecule has 2 heterocycles. The van der Waals surface area contributed by atoms with Gasteiger partial charge in [-0.2, -0.15) is 0 Å². The molecule has 1 aliphatic rings. The Kier molecular flexibility index (Phi) is 3.77. The first-order valence-electron chi connectivity index (χ1n) is 5.53. The molecule has 104 valence electrons. The van der Waals surface area contributed by atoms with Gasteiger partial charge in [-0.1, -0.05) is 11.3 Å². The Morgan fingerprint density at radius 1 is 1.30 bits per heavy atom. The third kappa shape index (κ3) is 2.72. The zero-order chi connectivity index (χ0) is 14.1. The largest absolute Gasteiger partial charge is 0.486 e. The molecule has 1 N–H and O–H groups in total. The summed E-state index contributed by atoms with van der Waals surface area (Å²) in [7, 11) is 0. The number of hydrogen-bond acceptors (Lipinski definition) is 6. The smallest absolute Gasteiger partial charge is 0.286 e. The van der Waals surface area contributed by atoms with Gasteiger partial charge in [0, 0.05) is 16.6 Å². The van der Waals surface area contributed by atoms with Crippen LogP contribution in [0, 0.1) is 0 Å². The van der Waals surface area contributed by atoms with Crippen LogP contribution < -0.4 is 14.8 Å². The van der Waals surface area contributed by atoms with E-state index in [4.69, 9.17) is 21.1 Å². The first-order valence-corrected chi connectivity index (χ1v) is 7.52. The normalized spacial score (nSPS) is 13.1. The maximum absolute atomic E-state index is 12.0. The highest BCUT2D eigenvalue weighted by Crippen LogP contribution is 2.38. The van der Waals surface area contributed by atoms with Crippen molar-refractivity contribution in [3.8, 4) is 11.5 Å². The van der Waals surface area contributed by atoms with E-state index in [1.807, 2.05) is 0 Å². The summed E-state index contributed by atoms with van der Waals surface area (Å²) < 4.78 is 11.8. The Morgan fingerprint density at radius 3 is 2.65 bits per heavy atom. The van der Waals surface area contributed by atoms with Crippen molar-refractivity contribution >= 4 is 50.5 Å². The Labute approximate surface area is 131 Å². The van der Waals surface area contributed by atoms with Gasteiger partial charge in [0.15, 0.2) is 11.5 Å². The second-order valence-corrected chi connectivity index (χ2v) is 6.20. The molecule has 1 aromatic heterocycles. The highest BCUT2D eigenvalue weighted by Gasteiger charge is 2.18. The fourth-order valence-electron chi connectivity index (χ4n) is 1.63. The van der Waals surface area contributed by atoms with Crippen molar-refractivity contribution in [2.24, 2.45) is 0 Å². The number of nitrogens with one attached hydrogen (secondary N) is 1. The predicted octanol–water partition coefficient (Wildman–Crippen LogP) is 2.98. The molecule has 0 bridgehead atoms. The van der Waals surface area contributed by atoms with E-state index in [0.29, 0.717) is 34.9 Å². The van der Waals surface area contributed by atoms with Crippen molar-refractivity contribution in [2.45, 2.75) is 0 Å². The van der Waals surface area contributed by atoms with Crippen molar-refractivity contribution in [1.82, 2.24) is 10.2 Å². The zero-order valence-corrected chi connectivity index (χ0v) is 13.0. The molecule has 0 aliphatic carbocycles. The topological polar surface area (TPSA) is 73.3 Å². The highest BCUT2D eigenvalue weighted by atomic mass is 79.9. The number of fused-ring (bicyclic) bond motifs is 1. The molecule has 0 radical (unpaired) electrons. The number of carbonyl (C=O) groups excluding carboxylic acids is 1. The van der Waals surface area contributed by atoms with Gasteiger partial charge in [0.05, 0.1) is 5.69 Å². The van der Waals surface area contributed by atoms with Gasteiger partial charge >= 0.3 is 0 Å². The number of anilines is 1. The first-order chi connectivity index (χ1) is 9.63. The van der Waals surface area contributed by atoms with Crippen molar-refractivity contribution in [3.63, 3.8) is 0 Å². The first kappa shape index (κ1) is 13.6. The number of rotatable bonds is 2. The number of halogens is 2. The Balaban J connectivity index is 1.85. The summed E-state index contributed by atoms with van der Waals surface area (Å²) in [6, 6.07) is 3.44. The van der Waals surface area contributed by atoms with Crippen molar-refractivity contribution < 1.29 is 14.3 Å². The van der Waals surface area contributed by atoms with E-state index in [0.717, 1.165) is 11.3 Å². The fourth-order valence-corrected chi connectivity index (χ4v) is 2.78. The van der Waals surface area contributed by atoms with E-state index in [-0.39, 0.29) is 15.4 Å². The monoisotopic (exact) mass is 375 g/mol. The molecule has 6 nitrogen and oxygen atoms in total. The van der Waals surface area contributed by atoms with Gasteiger partial charge in [0.1, 0.15) is 13.2 Å². The number of hydrogen-bond donors (Lipinski definition) is 1. The Bertz CT molecular complexity index is 679. The van der Waals surface area contributed by atoms with Crippen LogP contribution in [0.25, 0.3) is 0 Å². The zero-order valence-electron chi connectivity index (χ0n) is 9.85. The van der Waals surface area contributed by atoms with Crippen LogP contribution in [-0.2, 0) is 0 Å². The number of nitrogens with zero attached hydrogens (tertiary/aromatic N) is 2. The molecular weight excluding hydrogens is 370 g/mol. The molecule has 9 heteroatoms. The SMILES string of the molecule is O=C(Nc1cc2c(cc1Br)OCCO2)c1nnc(Cl)s1. The number of aromatic nitrogens is 2. The van der Waals surface area contributed by atoms with E-state index >= 15 is 0 Å². The molecule has 0 unspecified atom stereocenters. The lowest BCUT2D eigenvalue weighted by atomic mass is 10.2. The number of carbonyl (C=O) groups is 1. The summed E-state index contributed by atoms with van der Waals surface area (Å²) in [5.74, 6) is 0.844. The lowest BCUT2D eigenvalue weighted by Gasteiger charge is -2.19. The van der Waals surface area contributed by atoms with Crippen LogP contribution in [0.15, 0.2) is 16.6 Å². The van der Waals surface area contributed by atoms with E-state index in [1.54, 1.807) is 12.1 Å². The molecule has 1 amide bonds. The molecule has 0 atom stereocenters. The summed E-state index contributed by atoms with van der Waals surface area (Å²) in [5.41, 5.74) is 0.561. The predicted molar refractivity (Wildman–Crippen MR) is 78.0 cm³/mol. The molecule has 1 aromatic carbocycles. The van der Waals surface area contributed by atoms with Gasteiger partial charge < -0.3 is 14.8 Å². The molecule has 0 saturated heterocycles. The fraction of sp³-hybridized carbons (Fsp3) is 0.182. The van der Waals surface area contributed by atoms with Crippen molar-refractivity contribution in [1.29, 1.82) is 0 Å². The van der Waals surface area contributed by atoms with E-state index in [2.05, 4.69) is 31.4 Å². The minimum absolute atomic E-state index is 0.191. The minimum Gasteiger partial charge on any atom is -0.486 e. The molecule has 1 aliphatic heterocycles. The van der Waals surface area contributed by atoms with Crippen molar-refractivity contribution in [3.05, 3.63) is 26.1 Å². The molecule has 2 aromatic rings. The Morgan fingerprint density at radius 2 is 2.00 bits per heavy atom. The van der Waals surface area contributed by atoms with Crippen LogP contribution in [0.4, 0.5) is 5.69 Å². The lowest BCUT2D eigenvalue weighted by molar-refractivity contribution is 0.102. The average molecular weight is 377 g/mol. The van der Waals surface area contributed by atoms with Crippen LogP contribution in [0.1, 0.15) is 9.80 Å². The summed E-state index contributed by atoms with van der Waals surface area (Å²) in [4.78, 5) is 12.0. The molecular formula is C11H7BrClN3O3S. The molecule has 0 spiro atoms.